The van der Waals surface area contributed by atoms with Crippen LogP contribution in [0.1, 0.15) is 19.8 Å². The molecular formula is C12H26N4O2S. The van der Waals surface area contributed by atoms with Crippen LogP contribution in [0.4, 0.5) is 0 Å². The molecule has 7 heteroatoms. The molecule has 6 nitrogen and oxygen atoms in total. The van der Waals surface area contributed by atoms with Crippen molar-refractivity contribution < 1.29 is 8.42 Å². The van der Waals surface area contributed by atoms with Crippen LogP contribution in [-0.2, 0) is 10.2 Å². The van der Waals surface area contributed by atoms with Gasteiger partial charge in [-0.25, -0.2) is 4.72 Å². The summed E-state index contributed by atoms with van der Waals surface area (Å²) in [5, 5.41) is 3.16. The molecule has 2 rings (SSSR count). The summed E-state index contributed by atoms with van der Waals surface area (Å²) in [4.78, 5) is 2.42. The van der Waals surface area contributed by atoms with E-state index >= 15 is 0 Å². The predicted octanol–water partition coefficient (Wildman–Crippen LogP) is -0.542. The highest BCUT2D eigenvalue weighted by molar-refractivity contribution is 7.87. The zero-order valence-corrected chi connectivity index (χ0v) is 12.6. The van der Waals surface area contributed by atoms with Crippen LogP contribution in [0.2, 0.25) is 0 Å². The van der Waals surface area contributed by atoms with Crippen LogP contribution in [0.3, 0.4) is 0 Å². The van der Waals surface area contributed by atoms with Crippen LogP contribution in [-0.4, -0.2) is 70.0 Å². The molecule has 2 aliphatic rings. The minimum absolute atomic E-state index is 0.487. The fraction of sp³-hybridized carbons (Fsp3) is 1.00. The van der Waals surface area contributed by atoms with Crippen molar-refractivity contribution in [2.24, 2.45) is 5.92 Å². The molecule has 2 saturated heterocycles. The molecule has 2 heterocycles. The van der Waals surface area contributed by atoms with Crippen molar-refractivity contribution in [3.8, 4) is 0 Å². The number of hydrogen-bond acceptors (Lipinski definition) is 4. The Morgan fingerprint density at radius 2 is 1.79 bits per heavy atom. The molecule has 0 saturated carbocycles. The van der Waals surface area contributed by atoms with Crippen molar-refractivity contribution in [1.29, 1.82) is 0 Å². The van der Waals surface area contributed by atoms with Crippen molar-refractivity contribution in [3.05, 3.63) is 0 Å². The molecular weight excluding hydrogens is 264 g/mol. The zero-order chi connectivity index (χ0) is 13.7. The molecule has 2 aliphatic heterocycles. The third-order valence-corrected chi connectivity index (χ3v) is 5.70. The maximum Gasteiger partial charge on any atom is 0.279 e. The largest absolute Gasteiger partial charge is 0.314 e. The lowest BCUT2D eigenvalue weighted by Gasteiger charge is -2.32. The summed E-state index contributed by atoms with van der Waals surface area (Å²) in [6, 6.07) is 0. The Balaban J connectivity index is 1.75. The number of piperidine rings is 1. The van der Waals surface area contributed by atoms with Gasteiger partial charge in [0.25, 0.3) is 10.2 Å². The van der Waals surface area contributed by atoms with E-state index in [1.165, 1.54) is 0 Å². The Morgan fingerprint density at radius 1 is 1.16 bits per heavy atom. The minimum atomic E-state index is -3.27. The summed E-state index contributed by atoms with van der Waals surface area (Å²) in [5.41, 5.74) is 0. The van der Waals surface area contributed by atoms with Crippen molar-refractivity contribution in [2.75, 3.05) is 52.4 Å². The normalized spacial score (nSPS) is 24.7. The molecule has 0 amide bonds. The highest BCUT2D eigenvalue weighted by Crippen LogP contribution is 2.16. The van der Waals surface area contributed by atoms with E-state index in [4.69, 9.17) is 0 Å². The first-order valence-electron chi connectivity index (χ1n) is 7.29. The second-order valence-corrected chi connectivity index (χ2v) is 7.14. The van der Waals surface area contributed by atoms with E-state index in [1.807, 2.05) is 0 Å². The topological polar surface area (TPSA) is 64.7 Å². The number of nitrogens with one attached hydrogen (secondary N) is 2. The standard InChI is InChI=1S/C12H26N4O2S/c1-2-15-7-3-12(4-8-15)11-14-19(17,18)16-9-5-13-6-10-16/h12-14H,2-11H2,1H3. The van der Waals surface area contributed by atoms with E-state index in [2.05, 4.69) is 21.9 Å². The van der Waals surface area contributed by atoms with Crippen LogP contribution >= 0.6 is 0 Å². The molecule has 0 radical (unpaired) electrons. The Labute approximate surface area is 116 Å². The molecule has 0 spiro atoms. The fourth-order valence-electron chi connectivity index (χ4n) is 2.71. The fourth-order valence-corrected chi connectivity index (χ4v) is 4.00. The Hall–Kier alpha value is -0.210. The Morgan fingerprint density at radius 3 is 2.37 bits per heavy atom. The molecule has 0 aromatic carbocycles. The average molecular weight is 290 g/mol. The van der Waals surface area contributed by atoms with Gasteiger partial charge in [-0.1, -0.05) is 6.92 Å². The summed E-state index contributed by atoms with van der Waals surface area (Å²) < 4.78 is 28.6. The van der Waals surface area contributed by atoms with Gasteiger partial charge in [0.15, 0.2) is 0 Å². The number of nitrogens with zero attached hydrogens (tertiary/aromatic N) is 2. The van der Waals surface area contributed by atoms with Gasteiger partial charge in [-0.05, 0) is 38.4 Å². The van der Waals surface area contributed by atoms with Gasteiger partial charge in [0.05, 0.1) is 0 Å². The first kappa shape index (κ1) is 15.2. The van der Waals surface area contributed by atoms with Crippen molar-refractivity contribution >= 4 is 10.2 Å². The number of piperazine rings is 1. The van der Waals surface area contributed by atoms with Gasteiger partial charge in [0.2, 0.25) is 0 Å². The van der Waals surface area contributed by atoms with E-state index in [9.17, 15) is 8.42 Å². The molecule has 0 aromatic heterocycles. The van der Waals surface area contributed by atoms with Crippen LogP contribution in [0, 0.1) is 5.92 Å². The van der Waals surface area contributed by atoms with Crippen molar-refractivity contribution in [2.45, 2.75) is 19.8 Å². The average Bonchev–Trinajstić information content (AvgIpc) is 2.47. The van der Waals surface area contributed by atoms with Crippen LogP contribution in [0.5, 0.6) is 0 Å². The van der Waals surface area contributed by atoms with Crippen molar-refractivity contribution in [1.82, 2.24) is 19.2 Å². The third kappa shape index (κ3) is 4.39. The summed E-state index contributed by atoms with van der Waals surface area (Å²) in [6.45, 7) is 8.68. The Kier molecular flexibility index (Phi) is 5.58. The Bertz CT molecular complexity index is 360. The first-order chi connectivity index (χ1) is 9.12. The van der Waals surface area contributed by atoms with Crippen molar-refractivity contribution in [3.63, 3.8) is 0 Å². The smallest absolute Gasteiger partial charge is 0.279 e. The molecule has 0 aromatic rings. The van der Waals surface area contributed by atoms with Gasteiger partial charge in [-0.3, -0.25) is 0 Å². The summed E-state index contributed by atoms with van der Waals surface area (Å²) in [6.07, 6.45) is 2.19. The van der Waals surface area contributed by atoms with E-state index < -0.39 is 10.2 Å². The van der Waals surface area contributed by atoms with Crippen LogP contribution < -0.4 is 10.0 Å². The highest BCUT2D eigenvalue weighted by atomic mass is 32.2. The second-order valence-electron chi connectivity index (χ2n) is 5.38. The van der Waals surface area contributed by atoms with Crippen LogP contribution in [0.25, 0.3) is 0 Å². The lowest BCUT2D eigenvalue weighted by Crippen LogP contribution is -2.51. The lowest BCUT2D eigenvalue weighted by atomic mass is 9.97. The minimum Gasteiger partial charge on any atom is -0.314 e. The van der Waals surface area contributed by atoms with Gasteiger partial charge in [-0.2, -0.15) is 12.7 Å². The first-order valence-corrected chi connectivity index (χ1v) is 8.73. The number of likely N-dealkylation sites (tertiary alicyclic amines) is 1. The zero-order valence-electron chi connectivity index (χ0n) is 11.8. The molecule has 0 atom stereocenters. The molecule has 2 fully saturated rings. The summed E-state index contributed by atoms with van der Waals surface area (Å²) in [7, 11) is -3.27. The summed E-state index contributed by atoms with van der Waals surface area (Å²) in [5.74, 6) is 0.487. The van der Waals surface area contributed by atoms with E-state index in [0.717, 1.165) is 45.6 Å². The highest BCUT2D eigenvalue weighted by Gasteiger charge is 2.25. The van der Waals surface area contributed by atoms with Crippen LogP contribution in [0.15, 0.2) is 0 Å². The van der Waals surface area contributed by atoms with Gasteiger partial charge < -0.3 is 10.2 Å². The predicted molar refractivity (Wildman–Crippen MR) is 76.2 cm³/mol. The summed E-state index contributed by atoms with van der Waals surface area (Å²) >= 11 is 0. The molecule has 0 bridgehead atoms. The lowest BCUT2D eigenvalue weighted by molar-refractivity contribution is 0.193. The third-order valence-electron chi connectivity index (χ3n) is 4.12. The van der Waals surface area contributed by atoms with Gasteiger partial charge >= 0.3 is 0 Å². The van der Waals surface area contributed by atoms with E-state index in [0.29, 0.717) is 25.6 Å². The van der Waals surface area contributed by atoms with Gasteiger partial charge in [0.1, 0.15) is 0 Å². The quantitative estimate of drug-likeness (QED) is 0.714. The molecule has 19 heavy (non-hydrogen) atoms. The molecule has 0 unspecified atom stereocenters. The SMILES string of the molecule is CCN1CCC(CNS(=O)(=O)N2CCNCC2)CC1. The van der Waals surface area contributed by atoms with Gasteiger partial charge in [0, 0.05) is 32.7 Å². The number of hydrogen-bond donors (Lipinski definition) is 2. The van der Waals surface area contributed by atoms with Gasteiger partial charge in [-0.15, -0.1) is 0 Å². The maximum atomic E-state index is 12.1. The molecule has 0 aliphatic carbocycles. The second kappa shape index (κ2) is 6.99. The monoisotopic (exact) mass is 290 g/mol. The number of rotatable bonds is 5. The molecule has 2 N–H and O–H groups in total. The van der Waals surface area contributed by atoms with E-state index in [-0.39, 0.29) is 0 Å². The van der Waals surface area contributed by atoms with E-state index in [1.54, 1.807) is 4.31 Å². The maximum absolute atomic E-state index is 12.1. The molecule has 112 valence electrons.